The molecule has 0 aliphatic carbocycles. The number of furan rings is 1. The van der Waals surface area contributed by atoms with E-state index in [0.717, 1.165) is 28.2 Å². The molecule has 0 atom stereocenters. The van der Waals surface area contributed by atoms with Gasteiger partial charge in [-0.1, -0.05) is 6.92 Å². The van der Waals surface area contributed by atoms with Gasteiger partial charge in [0.1, 0.15) is 10.8 Å². The number of nitrogens with zero attached hydrogens (tertiary/aromatic N) is 1. The molecule has 0 aliphatic rings. The Kier molecular flexibility index (Phi) is 4.15. The maximum atomic E-state index is 5.30. The van der Waals surface area contributed by atoms with Crippen LogP contribution in [0.25, 0.3) is 0 Å². The second kappa shape index (κ2) is 5.61. The van der Waals surface area contributed by atoms with Gasteiger partial charge in [0.25, 0.3) is 0 Å². The summed E-state index contributed by atoms with van der Waals surface area (Å²) < 4.78 is 6.31. The Morgan fingerprint density at radius 2 is 2.38 bits per heavy atom. The maximum Gasteiger partial charge on any atom is 0.131 e. The lowest BCUT2D eigenvalue weighted by Crippen LogP contribution is -2.12. The topological polar surface area (TPSA) is 38.1 Å². The Hall–Kier alpha value is -0.650. The van der Waals surface area contributed by atoms with Crippen LogP contribution in [0.4, 0.5) is 0 Å². The first-order valence-corrected chi connectivity index (χ1v) is 6.76. The van der Waals surface area contributed by atoms with Crippen molar-refractivity contribution in [2.75, 3.05) is 0 Å². The molecular formula is C11H13BrN2OS. The zero-order chi connectivity index (χ0) is 11.4. The molecule has 0 saturated carbocycles. The van der Waals surface area contributed by atoms with Gasteiger partial charge < -0.3 is 9.73 Å². The van der Waals surface area contributed by atoms with E-state index in [1.165, 1.54) is 4.88 Å². The smallest absolute Gasteiger partial charge is 0.131 e. The van der Waals surface area contributed by atoms with Gasteiger partial charge in [-0.15, -0.1) is 11.3 Å². The molecule has 2 heterocycles. The predicted molar refractivity (Wildman–Crippen MR) is 68.4 cm³/mol. The minimum absolute atomic E-state index is 0.717. The third-order valence-corrected chi connectivity index (χ3v) is 4.05. The maximum absolute atomic E-state index is 5.30. The van der Waals surface area contributed by atoms with E-state index in [4.69, 9.17) is 4.42 Å². The van der Waals surface area contributed by atoms with Crippen molar-refractivity contribution in [1.29, 1.82) is 0 Å². The minimum atomic E-state index is 0.717. The highest BCUT2D eigenvalue weighted by Crippen LogP contribution is 2.17. The lowest BCUT2D eigenvalue weighted by molar-refractivity contribution is 0.480. The number of aryl methyl sites for hydroxylation is 1. The second-order valence-electron chi connectivity index (χ2n) is 3.37. The lowest BCUT2D eigenvalue weighted by Gasteiger charge is -1.99. The third-order valence-electron chi connectivity index (χ3n) is 2.20. The van der Waals surface area contributed by atoms with Crippen molar-refractivity contribution < 1.29 is 4.42 Å². The van der Waals surface area contributed by atoms with Crippen molar-refractivity contribution in [3.63, 3.8) is 0 Å². The first-order chi connectivity index (χ1) is 7.79. The molecule has 0 fully saturated rings. The highest BCUT2D eigenvalue weighted by atomic mass is 79.9. The Labute approximate surface area is 107 Å². The van der Waals surface area contributed by atoms with Gasteiger partial charge in [-0.3, -0.25) is 0 Å². The molecule has 0 saturated heterocycles. The predicted octanol–water partition coefficient (Wildman–Crippen LogP) is 3.35. The van der Waals surface area contributed by atoms with Crippen molar-refractivity contribution in [3.8, 4) is 0 Å². The molecule has 5 heteroatoms. The summed E-state index contributed by atoms with van der Waals surface area (Å²) in [7, 11) is 0. The normalized spacial score (nSPS) is 10.9. The summed E-state index contributed by atoms with van der Waals surface area (Å²) in [5.74, 6) is 0.923. The van der Waals surface area contributed by atoms with Crippen molar-refractivity contribution >= 4 is 27.3 Å². The molecule has 0 spiro atoms. The van der Waals surface area contributed by atoms with Gasteiger partial charge in [-0.05, 0) is 28.4 Å². The summed E-state index contributed by atoms with van der Waals surface area (Å²) >= 11 is 5.18. The van der Waals surface area contributed by atoms with E-state index in [0.29, 0.717) is 6.54 Å². The van der Waals surface area contributed by atoms with Crippen LogP contribution in [0.2, 0.25) is 0 Å². The standard InChI is InChI=1S/C11H13BrN2OS/c1-2-8-5-14-11(16-8)7-13-6-10-9(12)3-4-15-10/h3-5,13H,2,6-7H2,1H3. The Morgan fingerprint density at radius 3 is 3.00 bits per heavy atom. The van der Waals surface area contributed by atoms with E-state index < -0.39 is 0 Å². The molecule has 0 bridgehead atoms. The quantitative estimate of drug-likeness (QED) is 0.920. The van der Waals surface area contributed by atoms with Crippen LogP contribution >= 0.6 is 27.3 Å². The van der Waals surface area contributed by atoms with E-state index in [1.807, 2.05) is 12.3 Å². The molecule has 0 unspecified atom stereocenters. The fraction of sp³-hybridized carbons (Fsp3) is 0.364. The second-order valence-corrected chi connectivity index (χ2v) is 5.42. The molecule has 86 valence electrons. The van der Waals surface area contributed by atoms with Crippen LogP contribution in [-0.2, 0) is 19.5 Å². The minimum Gasteiger partial charge on any atom is -0.467 e. The fourth-order valence-corrected chi connectivity index (χ4v) is 2.50. The molecule has 2 rings (SSSR count). The van der Waals surface area contributed by atoms with Crippen LogP contribution in [0, 0.1) is 0 Å². The SMILES string of the molecule is CCc1cnc(CNCc2occc2Br)s1. The van der Waals surface area contributed by atoms with Gasteiger partial charge >= 0.3 is 0 Å². The third kappa shape index (κ3) is 2.93. The van der Waals surface area contributed by atoms with Gasteiger partial charge in [-0.25, -0.2) is 4.98 Å². The van der Waals surface area contributed by atoms with Gasteiger partial charge in [0.15, 0.2) is 0 Å². The Bertz CT molecular complexity index is 452. The van der Waals surface area contributed by atoms with Crippen molar-refractivity contribution in [2.24, 2.45) is 0 Å². The summed E-state index contributed by atoms with van der Waals surface area (Å²) in [6.07, 6.45) is 4.69. The van der Waals surface area contributed by atoms with Crippen molar-refractivity contribution in [3.05, 3.63) is 38.6 Å². The first kappa shape index (κ1) is 11.8. The molecule has 0 aliphatic heterocycles. The lowest BCUT2D eigenvalue weighted by atomic mass is 10.4. The van der Waals surface area contributed by atoms with Crippen LogP contribution in [0.15, 0.2) is 27.4 Å². The average molecular weight is 301 g/mol. The summed E-state index contributed by atoms with van der Waals surface area (Å²) in [6, 6.07) is 1.90. The van der Waals surface area contributed by atoms with Crippen molar-refractivity contribution in [2.45, 2.75) is 26.4 Å². The summed E-state index contributed by atoms with van der Waals surface area (Å²) in [6.45, 7) is 3.65. The van der Waals surface area contributed by atoms with Crippen LogP contribution in [0.3, 0.4) is 0 Å². The summed E-state index contributed by atoms with van der Waals surface area (Å²) in [5.41, 5.74) is 0. The molecule has 16 heavy (non-hydrogen) atoms. The highest BCUT2D eigenvalue weighted by molar-refractivity contribution is 9.10. The van der Waals surface area contributed by atoms with Gasteiger partial charge in [0, 0.05) is 17.6 Å². The largest absolute Gasteiger partial charge is 0.467 e. The van der Waals surface area contributed by atoms with E-state index >= 15 is 0 Å². The van der Waals surface area contributed by atoms with Crippen LogP contribution in [0.5, 0.6) is 0 Å². The molecular weight excluding hydrogens is 288 g/mol. The Balaban J connectivity index is 1.82. The van der Waals surface area contributed by atoms with Crippen molar-refractivity contribution in [1.82, 2.24) is 10.3 Å². The van der Waals surface area contributed by atoms with E-state index in [9.17, 15) is 0 Å². The molecule has 2 aromatic rings. The monoisotopic (exact) mass is 300 g/mol. The summed E-state index contributed by atoms with van der Waals surface area (Å²) in [5, 5.41) is 4.43. The zero-order valence-corrected chi connectivity index (χ0v) is 11.4. The molecule has 0 radical (unpaired) electrons. The molecule has 1 N–H and O–H groups in total. The first-order valence-electron chi connectivity index (χ1n) is 5.15. The van der Waals surface area contributed by atoms with E-state index in [1.54, 1.807) is 17.6 Å². The molecule has 0 amide bonds. The average Bonchev–Trinajstić information content (AvgIpc) is 2.89. The number of hydrogen-bond acceptors (Lipinski definition) is 4. The van der Waals surface area contributed by atoms with E-state index in [-0.39, 0.29) is 0 Å². The highest BCUT2D eigenvalue weighted by Gasteiger charge is 2.04. The fourth-order valence-electron chi connectivity index (χ4n) is 1.33. The van der Waals surface area contributed by atoms with Crippen LogP contribution in [0.1, 0.15) is 22.6 Å². The number of halogens is 1. The summed E-state index contributed by atoms with van der Waals surface area (Å²) in [4.78, 5) is 5.67. The Morgan fingerprint density at radius 1 is 1.50 bits per heavy atom. The zero-order valence-electron chi connectivity index (χ0n) is 9.00. The van der Waals surface area contributed by atoms with Crippen LogP contribution < -0.4 is 5.32 Å². The molecule has 2 aromatic heterocycles. The van der Waals surface area contributed by atoms with Gasteiger partial charge in [0.05, 0.1) is 17.3 Å². The van der Waals surface area contributed by atoms with Gasteiger partial charge in [-0.2, -0.15) is 0 Å². The number of thiazole rings is 1. The number of aromatic nitrogens is 1. The van der Waals surface area contributed by atoms with Crippen LogP contribution in [-0.4, -0.2) is 4.98 Å². The number of nitrogens with one attached hydrogen (secondary N) is 1. The number of hydrogen-bond donors (Lipinski definition) is 1. The molecule has 0 aromatic carbocycles. The number of rotatable bonds is 5. The van der Waals surface area contributed by atoms with E-state index in [2.05, 4.69) is 33.2 Å². The van der Waals surface area contributed by atoms with Gasteiger partial charge in [0.2, 0.25) is 0 Å². The molecule has 3 nitrogen and oxygen atoms in total.